The molecule has 5 nitrogen and oxygen atoms in total. The highest BCUT2D eigenvalue weighted by Crippen LogP contribution is 2.16. The second-order valence-corrected chi connectivity index (χ2v) is 3.29. The summed E-state index contributed by atoms with van der Waals surface area (Å²) in [5.74, 6) is 0.925. The number of rotatable bonds is 0. The van der Waals surface area contributed by atoms with Crippen molar-refractivity contribution in [2.24, 2.45) is 7.05 Å². The van der Waals surface area contributed by atoms with E-state index in [-0.39, 0.29) is 0 Å². The maximum Gasteiger partial charge on any atom is 0.163 e. The first-order valence-corrected chi connectivity index (χ1v) is 4.39. The number of imidazole rings is 1. The van der Waals surface area contributed by atoms with Crippen molar-refractivity contribution in [1.82, 2.24) is 24.1 Å². The predicted octanol–water partition coefficient (Wildman–Crippen LogP) is 0.924. The molecule has 0 bridgehead atoms. The Hall–Kier alpha value is -1.91. The zero-order valence-electron chi connectivity index (χ0n) is 7.97. The fourth-order valence-electron chi connectivity index (χ4n) is 1.69. The lowest BCUT2D eigenvalue weighted by Gasteiger charge is -2.00. The van der Waals surface area contributed by atoms with Gasteiger partial charge in [0.25, 0.3) is 0 Å². The molecule has 0 atom stereocenters. The van der Waals surface area contributed by atoms with Crippen LogP contribution in [0.1, 0.15) is 5.82 Å². The molecule has 0 fully saturated rings. The van der Waals surface area contributed by atoms with Gasteiger partial charge in [0.2, 0.25) is 0 Å². The first-order valence-electron chi connectivity index (χ1n) is 4.39. The van der Waals surface area contributed by atoms with Crippen molar-refractivity contribution in [3.8, 4) is 0 Å². The van der Waals surface area contributed by atoms with Gasteiger partial charge >= 0.3 is 0 Å². The lowest BCUT2D eigenvalue weighted by Crippen LogP contribution is -1.98. The Kier molecular flexibility index (Phi) is 1.24. The zero-order chi connectivity index (χ0) is 9.71. The molecule has 3 aromatic rings. The van der Waals surface area contributed by atoms with Gasteiger partial charge in [-0.1, -0.05) is 0 Å². The van der Waals surface area contributed by atoms with E-state index in [1.807, 2.05) is 24.6 Å². The highest BCUT2D eigenvalue weighted by Gasteiger charge is 2.08. The molecule has 0 aromatic carbocycles. The van der Waals surface area contributed by atoms with E-state index < -0.39 is 0 Å². The van der Waals surface area contributed by atoms with Crippen LogP contribution in [-0.2, 0) is 7.05 Å². The zero-order valence-corrected chi connectivity index (χ0v) is 7.97. The molecule has 0 aliphatic carbocycles. The van der Waals surface area contributed by atoms with Gasteiger partial charge < -0.3 is 0 Å². The van der Waals surface area contributed by atoms with Crippen molar-refractivity contribution in [3.63, 3.8) is 0 Å². The van der Waals surface area contributed by atoms with Gasteiger partial charge in [0, 0.05) is 19.4 Å². The molecule has 0 saturated carbocycles. The van der Waals surface area contributed by atoms with Crippen LogP contribution >= 0.6 is 0 Å². The van der Waals surface area contributed by atoms with Gasteiger partial charge in [0.05, 0.1) is 11.6 Å². The van der Waals surface area contributed by atoms with E-state index >= 15 is 0 Å². The molecule has 14 heavy (non-hydrogen) atoms. The Morgan fingerprint density at radius 1 is 1.29 bits per heavy atom. The molecule has 0 unspecified atom stereocenters. The molecule has 5 heteroatoms. The smallest absolute Gasteiger partial charge is 0.163 e. The first-order chi connectivity index (χ1) is 6.77. The van der Waals surface area contributed by atoms with Crippen LogP contribution in [0.5, 0.6) is 0 Å². The van der Waals surface area contributed by atoms with Crippen molar-refractivity contribution in [2.75, 3.05) is 0 Å². The van der Waals surface area contributed by atoms with Gasteiger partial charge in [0.15, 0.2) is 11.3 Å². The number of aryl methyl sites for hydroxylation is 2. The molecule has 0 aliphatic heterocycles. The predicted molar refractivity (Wildman–Crippen MR) is 52.0 cm³/mol. The van der Waals surface area contributed by atoms with Crippen LogP contribution in [0, 0.1) is 6.92 Å². The Labute approximate surface area is 80.0 Å². The quantitative estimate of drug-likeness (QED) is 0.526. The molecule has 0 N–H and O–H groups in total. The molecule has 0 spiro atoms. The average molecular weight is 187 g/mol. The van der Waals surface area contributed by atoms with E-state index in [4.69, 9.17) is 0 Å². The minimum Gasteiger partial charge on any atom is -0.287 e. The van der Waals surface area contributed by atoms with E-state index in [0.29, 0.717) is 0 Å². The Bertz CT molecular complexity index is 618. The molecular weight excluding hydrogens is 178 g/mol. The van der Waals surface area contributed by atoms with E-state index in [1.54, 1.807) is 17.1 Å². The molecule has 0 saturated heterocycles. The van der Waals surface area contributed by atoms with Gasteiger partial charge in [-0.25, -0.2) is 9.97 Å². The van der Waals surface area contributed by atoms with E-state index in [1.165, 1.54) is 0 Å². The fraction of sp³-hybridized carbons (Fsp3) is 0.222. The van der Waals surface area contributed by atoms with Crippen molar-refractivity contribution >= 4 is 16.7 Å². The minimum atomic E-state index is 0.876. The van der Waals surface area contributed by atoms with Crippen LogP contribution in [0.15, 0.2) is 18.6 Å². The molecule has 0 radical (unpaired) electrons. The highest BCUT2D eigenvalue weighted by atomic mass is 15.3. The summed E-state index contributed by atoms with van der Waals surface area (Å²) in [6.07, 6.45) is 5.48. The van der Waals surface area contributed by atoms with Gasteiger partial charge in [-0.15, -0.1) is 0 Å². The number of aromatic nitrogens is 5. The van der Waals surface area contributed by atoms with Crippen LogP contribution in [0.25, 0.3) is 16.7 Å². The van der Waals surface area contributed by atoms with Crippen molar-refractivity contribution in [1.29, 1.82) is 0 Å². The van der Waals surface area contributed by atoms with E-state index in [9.17, 15) is 0 Å². The van der Waals surface area contributed by atoms with Crippen molar-refractivity contribution in [3.05, 3.63) is 24.4 Å². The second kappa shape index (κ2) is 2.31. The van der Waals surface area contributed by atoms with Crippen LogP contribution in [-0.4, -0.2) is 24.1 Å². The minimum absolute atomic E-state index is 0.876. The Morgan fingerprint density at radius 2 is 2.14 bits per heavy atom. The molecule has 0 aliphatic rings. The summed E-state index contributed by atoms with van der Waals surface area (Å²) in [4.78, 5) is 8.75. The van der Waals surface area contributed by atoms with Crippen LogP contribution in [0.4, 0.5) is 0 Å². The number of hydrogen-bond acceptors (Lipinski definition) is 3. The van der Waals surface area contributed by atoms with Gasteiger partial charge in [-0.2, -0.15) is 5.10 Å². The molecule has 3 aromatic heterocycles. The maximum absolute atomic E-state index is 4.46. The second-order valence-electron chi connectivity index (χ2n) is 3.29. The van der Waals surface area contributed by atoms with Crippen LogP contribution < -0.4 is 0 Å². The topological polar surface area (TPSA) is 48.0 Å². The van der Waals surface area contributed by atoms with E-state index in [2.05, 4.69) is 15.1 Å². The van der Waals surface area contributed by atoms with Gasteiger partial charge in [-0.3, -0.25) is 9.08 Å². The Morgan fingerprint density at radius 3 is 3.00 bits per heavy atom. The standard InChI is InChI=1S/C9H9N5/c1-6-12-9-7(5-11-13(9)2)8-10-3-4-14(6)8/h3-5H,1-2H3. The summed E-state index contributed by atoms with van der Waals surface area (Å²) in [6, 6.07) is 0. The largest absolute Gasteiger partial charge is 0.287 e. The SMILES string of the molecule is Cc1nc2c(cnn2C)c2nccn12. The van der Waals surface area contributed by atoms with Gasteiger partial charge in [-0.05, 0) is 6.92 Å². The average Bonchev–Trinajstić information content (AvgIpc) is 2.74. The van der Waals surface area contributed by atoms with Crippen LogP contribution in [0.3, 0.4) is 0 Å². The molecular formula is C9H9N5. The summed E-state index contributed by atoms with van der Waals surface area (Å²) < 4.78 is 3.72. The highest BCUT2D eigenvalue weighted by molar-refractivity contribution is 5.88. The Balaban J connectivity index is 2.67. The summed E-state index contributed by atoms with van der Waals surface area (Å²) in [5.41, 5.74) is 1.79. The third-order valence-electron chi connectivity index (χ3n) is 2.41. The first kappa shape index (κ1) is 7.49. The number of hydrogen-bond donors (Lipinski definition) is 0. The summed E-state index contributed by atoms with van der Waals surface area (Å²) in [7, 11) is 1.88. The monoisotopic (exact) mass is 187 g/mol. The summed E-state index contributed by atoms with van der Waals surface area (Å²) >= 11 is 0. The van der Waals surface area contributed by atoms with Crippen molar-refractivity contribution < 1.29 is 0 Å². The molecule has 0 amide bonds. The number of nitrogens with zero attached hydrogens (tertiary/aromatic N) is 5. The number of fused-ring (bicyclic) bond motifs is 3. The third-order valence-corrected chi connectivity index (χ3v) is 2.41. The van der Waals surface area contributed by atoms with Crippen molar-refractivity contribution in [2.45, 2.75) is 6.92 Å². The van der Waals surface area contributed by atoms with Gasteiger partial charge in [0.1, 0.15) is 5.82 Å². The third kappa shape index (κ3) is 0.761. The van der Waals surface area contributed by atoms with Crippen LogP contribution in [0.2, 0.25) is 0 Å². The lowest BCUT2D eigenvalue weighted by molar-refractivity contribution is 0.781. The summed E-state index contributed by atoms with van der Waals surface area (Å²) in [5, 5.41) is 5.16. The summed E-state index contributed by atoms with van der Waals surface area (Å²) in [6.45, 7) is 1.96. The van der Waals surface area contributed by atoms with E-state index in [0.717, 1.165) is 22.5 Å². The molecule has 70 valence electrons. The lowest BCUT2D eigenvalue weighted by atomic mass is 10.4. The fourth-order valence-corrected chi connectivity index (χ4v) is 1.69. The maximum atomic E-state index is 4.46. The molecule has 3 rings (SSSR count). The normalized spacial score (nSPS) is 11.6. The molecule has 3 heterocycles.